The minimum atomic E-state index is -0.455. The first-order valence-corrected chi connectivity index (χ1v) is 7.00. The molecular weight excluding hydrogens is 331 g/mol. The van der Waals surface area contributed by atoms with E-state index >= 15 is 0 Å². The Hall–Kier alpha value is -1.06. The van der Waals surface area contributed by atoms with E-state index in [2.05, 4.69) is 15.9 Å². The average Bonchev–Trinajstić information content (AvgIpc) is 2.41. The van der Waals surface area contributed by atoms with Gasteiger partial charge in [0.1, 0.15) is 11.6 Å². The molecular formula is C15H13BrClFO. The Kier molecular flexibility index (Phi) is 4.48. The number of alkyl halides is 1. The lowest BCUT2D eigenvalue weighted by Crippen LogP contribution is -2.00. The molecule has 2 rings (SSSR count). The molecule has 0 bridgehead atoms. The molecule has 2 aromatic rings. The Morgan fingerprint density at radius 1 is 1.21 bits per heavy atom. The van der Waals surface area contributed by atoms with Crippen LogP contribution in [0.2, 0.25) is 0 Å². The lowest BCUT2D eigenvalue weighted by molar-refractivity contribution is 0.409. The maximum Gasteiger partial charge on any atom is 0.124 e. The Bertz CT molecular complexity index is 601. The van der Waals surface area contributed by atoms with Gasteiger partial charge in [0, 0.05) is 10.0 Å². The van der Waals surface area contributed by atoms with Crippen molar-refractivity contribution in [2.45, 2.75) is 12.3 Å². The highest BCUT2D eigenvalue weighted by molar-refractivity contribution is 9.10. The zero-order chi connectivity index (χ0) is 14.0. The monoisotopic (exact) mass is 342 g/mol. The Balaban J connectivity index is 2.52. The molecule has 0 aromatic heterocycles. The fraction of sp³-hybridized carbons (Fsp3) is 0.200. The van der Waals surface area contributed by atoms with E-state index in [0.717, 1.165) is 15.6 Å². The van der Waals surface area contributed by atoms with Gasteiger partial charge in [0.25, 0.3) is 0 Å². The van der Waals surface area contributed by atoms with Crippen LogP contribution in [0.15, 0.2) is 40.9 Å². The third-order valence-electron chi connectivity index (χ3n) is 3.05. The molecule has 4 heteroatoms. The quantitative estimate of drug-likeness (QED) is 0.693. The predicted molar refractivity (Wildman–Crippen MR) is 79.5 cm³/mol. The highest BCUT2D eigenvalue weighted by Gasteiger charge is 2.19. The van der Waals surface area contributed by atoms with Crippen molar-refractivity contribution in [3.05, 3.63) is 63.4 Å². The summed E-state index contributed by atoms with van der Waals surface area (Å²) < 4.78 is 19.6. The summed E-state index contributed by atoms with van der Waals surface area (Å²) in [5.74, 6) is 0.259. The van der Waals surface area contributed by atoms with Crippen molar-refractivity contribution in [3.63, 3.8) is 0 Å². The summed E-state index contributed by atoms with van der Waals surface area (Å²) in [5, 5.41) is -0.455. The number of rotatable bonds is 3. The summed E-state index contributed by atoms with van der Waals surface area (Å²) >= 11 is 9.97. The molecule has 1 unspecified atom stereocenters. The summed E-state index contributed by atoms with van der Waals surface area (Å²) in [5.41, 5.74) is 2.60. The molecule has 0 aliphatic heterocycles. The highest BCUT2D eigenvalue weighted by atomic mass is 79.9. The molecule has 0 radical (unpaired) electrons. The topological polar surface area (TPSA) is 9.23 Å². The van der Waals surface area contributed by atoms with Crippen molar-refractivity contribution in [1.29, 1.82) is 0 Å². The first kappa shape index (κ1) is 14.4. The average molecular weight is 344 g/mol. The normalized spacial score (nSPS) is 12.3. The van der Waals surface area contributed by atoms with E-state index in [0.29, 0.717) is 11.3 Å². The highest BCUT2D eigenvalue weighted by Crippen LogP contribution is 2.38. The zero-order valence-electron chi connectivity index (χ0n) is 10.6. The van der Waals surface area contributed by atoms with Crippen molar-refractivity contribution in [3.8, 4) is 5.75 Å². The summed E-state index contributed by atoms with van der Waals surface area (Å²) in [6, 6.07) is 10.2. The van der Waals surface area contributed by atoms with Crippen molar-refractivity contribution in [2.75, 3.05) is 7.11 Å². The number of benzene rings is 2. The van der Waals surface area contributed by atoms with Gasteiger partial charge in [0.15, 0.2) is 0 Å². The van der Waals surface area contributed by atoms with Gasteiger partial charge in [-0.05, 0) is 42.3 Å². The van der Waals surface area contributed by atoms with Gasteiger partial charge < -0.3 is 4.74 Å². The van der Waals surface area contributed by atoms with Crippen LogP contribution in [0.1, 0.15) is 22.1 Å². The van der Waals surface area contributed by atoms with Gasteiger partial charge in [-0.2, -0.15) is 0 Å². The standard InChI is InChI=1S/C15H13BrClFO/c1-9-11(4-3-5-13(9)16)15(17)12-8-10(18)6-7-14(12)19-2/h3-8,15H,1-2H3. The number of hydrogen-bond acceptors (Lipinski definition) is 1. The van der Waals surface area contributed by atoms with Crippen LogP contribution < -0.4 is 4.74 Å². The Labute approximate surface area is 125 Å². The van der Waals surface area contributed by atoms with Gasteiger partial charge in [0.2, 0.25) is 0 Å². The van der Waals surface area contributed by atoms with Gasteiger partial charge in [0.05, 0.1) is 12.5 Å². The molecule has 0 fully saturated rings. The van der Waals surface area contributed by atoms with E-state index < -0.39 is 5.38 Å². The van der Waals surface area contributed by atoms with Crippen molar-refractivity contribution < 1.29 is 9.13 Å². The van der Waals surface area contributed by atoms with E-state index in [-0.39, 0.29) is 5.82 Å². The minimum Gasteiger partial charge on any atom is -0.496 e. The van der Waals surface area contributed by atoms with E-state index in [1.165, 1.54) is 12.1 Å². The largest absolute Gasteiger partial charge is 0.496 e. The van der Waals surface area contributed by atoms with E-state index in [1.807, 2.05) is 25.1 Å². The molecule has 0 heterocycles. The second-order valence-electron chi connectivity index (χ2n) is 4.20. The molecule has 2 aromatic carbocycles. The van der Waals surface area contributed by atoms with Crippen molar-refractivity contribution >= 4 is 27.5 Å². The Morgan fingerprint density at radius 3 is 2.63 bits per heavy atom. The molecule has 0 aliphatic rings. The van der Waals surface area contributed by atoms with Gasteiger partial charge in [-0.25, -0.2) is 4.39 Å². The van der Waals surface area contributed by atoms with Gasteiger partial charge in [-0.1, -0.05) is 28.1 Å². The van der Waals surface area contributed by atoms with Gasteiger partial charge in [-0.15, -0.1) is 11.6 Å². The molecule has 0 spiro atoms. The van der Waals surface area contributed by atoms with Crippen LogP contribution in [-0.4, -0.2) is 7.11 Å². The van der Waals surface area contributed by atoms with Gasteiger partial charge in [-0.3, -0.25) is 0 Å². The molecule has 19 heavy (non-hydrogen) atoms. The van der Waals surface area contributed by atoms with Crippen LogP contribution in [0.5, 0.6) is 5.75 Å². The maximum absolute atomic E-state index is 13.4. The van der Waals surface area contributed by atoms with Crippen LogP contribution in [0, 0.1) is 12.7 Å². The number of halogens is 3. The SMILES string of the molecule is COc1ccc(F)cc1C(Cl)c1cccc(Br)c1C. The van der Waals surface area contributed by atoms with Crippen LogP contribution in [0.3, 0.4) is 0 Å². The van der Waals surface area contributed by atoms with Crippen LogP contribution in [0.25, 0.3) is 0 Å². The molecule has 0 saturated heterocycles. The third kappa shape index (κ3) is 2.93. The fourth-order valence-electron chi connectivity index (χ4n) is 1.97. The van der Waals surface area contributed by atoms with E-state index in [4.69, 9.17) is 16.3 Å². The van der Waals surface area contributed by atoms with Gasteiger partial charge >= 0.3 is 0 Å². The van der Waals surface area contributed by atoms with Crippen molar-refractivity contribution in [2.24, 2.45) is 0 Å². The first-order valence-electron chi connectivity index (χ1n) is 5.77. The van der Waals surface area contributed by atoms with E-state index in [1.54, 1.807) is 13.2 Å². The predicted octanol–water partition coefficient (Wildman–Crippen LogP) is 5.23. The second-order valence-corrected chi connectivity index (χ2v) is 5.49. The first-order chi connectivity index (χ1) is 9.04. The molecule has 100 valence electrons. The molecule has 1 atom stereocenters. The number of hydrogen-bond donors (Lipinski definition) is 0. The fourth-order valence-corrected chi connectivity index (χ4v) is 2.76. The van der Waals surface area contributed by atoms with Crippen LogP contribution >= 0.6 is 27.5 Å². The summed E-state index contributed by atoms with van der Waals surface area (Å²) in [4.78, 5) is 0. The summed E-state index contributed by atoms with van der Waals surface area (Å²) in [7, 11) is 1.55. The molecule has 0 N–H and O–H groups in total. The lowest BCUT2D eigenvalue weighted by atomic mass is 9.99. The molecule has 1 nitrogen and oxygen atoms in total. The summed E-state index contributed by atoms with van der Waals surface area (Å²) in [6.45, 7) is 1.97. The Morgan fingerprint density at radius 2 is 1.95 bits per heavy atom. The van der Waals surface area contributed by atoms with Crippen LogP contribution in [0.4, 0.5) is 4.39 Å². The van der Waals surface area contributed by atoms with Crippen LogP contribution in [-0.2, 0) is 0 Å². The maximum atomic E-state index is 13.4. The van der Waals surface area contributed by atoms with Crippen molar-refractivity contribution in [1.82, 2.24) is 0 Å². The number of ether oxygens (including phenoxy) is 1. The number of methoxy groups -OCH3 is 1. The smallest absolute Gasteiger partial charge is 0.124 e. The molecule has 0 amide bonds. The molecule has 0 aliphatic carbocycles. The lowest BCUT2D eigenvalue weighted by Gasteiger charge is -2.17. The summed E-state index contributed by atoms with van der Waals surface area (Å²) in [6.07, 6.45) is 0. The zero-order valence-corrected chi connectivity index (χ0v) is 12.9. The molecule has 0 saturated carbocycles. The van der Waals surface area contributed by atoms with E-state index in [9.17, 15) is 4.39 Å². The third-order valence-corrected chi connectivity index (χ3v) is 4.38. The minimum absolute atomic E-state index is 0.325. The second kappa shape index (κ2) is 5.93.